The maximum absolute atomic E-state index is 10.5. The molecule has 0 aliphatic carbocycles. The molecule has 2 heterocycles. The van der Waals surface area contributed by atoms with Crippen LogP contribution in [0.1, 0.15) is 24.3 Å². The van der Waals surface area contributed by atoms with Crippen LogP contribution in [-0.2, 0) is 0 Å². The minimum Gasteiger partial charge on any atom is -0.494 e. The summed E-state index contributed by atoms with van der Waals surface area (Å²) in [6.07, 6.45) is 3.00. The molecule has 0 aliphatic heterocycles. The van der Waals surface area contributed by atoms with Crippen molar-refractivity contribution in [2.75, 3.05) is 6.61 Å². The number of benzene rings is 1. The molecule has 4 heteroatoms. The van der Waals surface area contributed by atoms with Gasteiger partial charge in [0.1, 0.15) is 17.5 Å². The van der Waals surface area contributed by atoms with E-state index in [1.54, 1.807) is 0 Å². The molecule has 0 saturated carbocycles. The van der Waals surface area contributed by atoms with Crippen LogP contribution in [0.15, 0.2) is 54.9 Å². The largest absolute Gasteiger partial charge is 0.494 e. The average molecular weight is 268 g/mol. The van der Waals surface area contributed by atoms with Crippen LogP contribution in [0.25, 0.3) is 5.65 Å². The van der Waals surface area contributed by atoms with Gasteiger partial charge in [-0.15, -0.1) is 0 Å². The maximum atomic E-state index is 10.5. The summed E-state index contributed by atoms with van der Waals surface area (Å²) in [5.74, 6) is 0.757. The number of ether oxygens (including phenoxy) is 1. The van der Waals surface area contributed by atoms with Crippen molar-refractivity contribution in [1.82, 2.24) is 9.38 Å². The quantitative estimate of drug-likeness (QED) is 0.791. The Kier molecular flexibility index (Phi) is 3.39. The van der Waals surface area contributed by atoms with Crippen molar-refractivity contribution in [3.63, 3.8) is 0 Å². The van der Waals surface area contributed by atoms with Gasteiger partial charge in [0, 0.05) is 12.4 Å². The SMILES string of the molecule is CCOc1cccc(C(O)c2cn3ccccc3n2)c1. The van der Waals surface area contributed by atoms with Gasteiger partial charge in [0.15, 0.2) is 0 Å². The Bertz CT molecular complexity index is 688. The second-order valence-corrected chi connectivity index (χ2v) is 4.54. The molecule has 1 aromatic carbocycles. The Hall–Kier alpha value is -2.33. The molecule has 0 saturated heterocycles. The summed E-state index contributed by atoms with van der Waals surface area (Å²) in [6.45, 7) is 2.54. The van der Waals surface area contributed by atoms with Crippen molar-refractivity contribution < 1.29 is 9.84 Å². The van der Waals surface area contributed by atoms with E-state index in [-0.39, 0.29) is 0 Å². The first-order valence-electron chi connectivity index (χ1n) is 6.62. The zero-order valence-electron chi connectivity index (χ0n) is 11.2. The molecular weight excluding hydrogens is 252 g/mol. The van der Waals surface area contributed by atoms with Gasteiger partial charge in [-0.2, -0.15) is 0 Å². The van der Waals surface area contributed by atoms with E-state index in [4.69, 9.17) is 4.74 Å². The number of hydrogen-bond donors (Lipinski definition) is 1. The fourth-order valence-corrected chi connectivity index (χ4v) is 2.20. The minimum atomic E-state index is -0.754. The lowest BCUT2D eigenvalue weighted by molar-refractivity contribution is 0.215. The number of pyridine rings is 1. The van der Waals surface area contributed by atoms with Crippen molar-refractivity contribution in [3.05, 3.63) is 66.1 Å². The van der Waals surface area contributed by atoms with E-state index in [0.717, 1.165) is 17.0 Å². The minimum absolute atomic E-state index is 0.605. The Morgan fingerprint density at radius 2 is 2.15 bits per heavy atom. The van der Waals surface area contributed by atoms with E-state index < -0.39 is 6.10 Å². The monoisotopic (exact) mass is 268 g/mol. The van der Waals surface area contributed by atoms with E-state index in [1.807, 2.05) is 66.2 Å². The normalized spacial score (nSPS) is 12.5. The van der Waals surface area contributed by atoms with Crippen molar-refractivity contribution >= 4 is 5.65 Å². The highest BCUT2D eigenvalue weighted by molar-refractivity contribution is 5.42. The molecule has 0 fully saturated rings. The number of rotatable bonds is 4. The third kappa shape index (κ3) is 2.38. The highest BCUT2D eigenvalue weighted by Gasteiger charge is 2.14. The first-order valence-corrected chi connectivity index (χ1v) is 6.62. The molecule has 2 aromatic heterocycles. The standard InChI is InChI=1S/C16H16N2O2/c1-2-20-13-7-5-6-12(10-13)16(19)14-11-18-9-4-3-8-15(18)17-14/h3-11,16,19H,2H2,1H3. The summed E-state index contributed by atoms with van der Waals surface area (Å²) in [6, 6.07) is 13.2. The number of hydrogen-bond acceptors (Lipinski definition) is 3. The third-order valence-corrected chi connectivity index (χ3v) is 3.15. The van der Waals surface area contributed by atoms with Crippen LogP contribution in [0, 0.1) is 0 Å². The second-order valence-electron chi connectivity index (χ2n) is 4.54. The van der Waals surface area contributed by atoms with Crippen LogP contribution in [-0.4, -0.2) is 21.1 Å². The second kappa shape index (κ2) is 5.35. The van der Waals surface area contributed by atoms with Crippen LogP contribution >= 0.6 is 0 Å². The highest BCUT2D eigenvalue weighted by atomic mass is 16.5. The molecule has 3 aromatic rings. The van der Waals surface area contributed by atoms with Crippen LogP contribution in [0.3, 0.4) is 0 Å². The lowest BCUT2D eigenvalue weighted by Gasteiger charge is -2.10. The van der Waals surface area contributed by atoms with E-state index in [1.165, 1.54) is 0 Å². The fraction of sp³-hybridized carbons (Fsp3) is 0.188. The highest BCUT2D eigenvalue weighted by Crippen LogP contribution is 2.24. The van der Waals surface area contributed by atoms with Gasteiger partial charge < -0.3 is 14.2 Å². The van der Waals surface area contributed by atoms with E-state index in [2.05, 4.69) is 4.98 Å². The van der Waals surface area contributed by atoms with Crippen molar-refractivity contribution in [2.45, 2.75) is 13.0 Å². The summed E-state index contributed by atoms with van der Waals surface area (Å²) in [5, 5.41) is 10.5. The lowest BCUT2D eigenvalue weighted by atomic mass is 10.1. The van der Waals surface area contributed by atoms with Crippen molar-refractivity contribution in [2.24, 2.45) is 0 Å². The van der Waals surface area contributed by atoms with Gasteiger partial charge in [-0.05, 0) is 36.8 Å². The molecule has 20 heavy (non-hydrogen) atoms. The summed E-state index contributed by atoms with van der Waals surface area (Å²) in [5.41, 5.74) is 2.23. The number of aliphatic hydroxyl groups is 1. The predicted molar refractivity (Wildman–Crippen MR) is 76.9 cm³/mol. The fourth-order valence-electron chi connectivity index (χ4n) is 2.20. The molecule has 3 rings (SSSR count). The molecule has 1 N–H and O–H groups in total. The third-order valence-electron chi connectivity index (χ3n) is 3.15. The molecule has 1 unspecified atom stereocenters. The van der Waals surface area contributed by atoms with Gasteiger partial charge in [-0.25, -0.2) is 4.98 Å². The number of aromatic nitrogens is 2. The molecule has 0 amide bonds. The summed E-state index contributed by atoms with van der Waals surface area (Å²) in [4.78, 5) is 4.44. The van der Waals surface area contributed by atoms with Gasteiger partial charge in [0.2, 0.25) is 0 Å². The summed E-state index contributed by atoms with van der Waals surface area (Å²) < 4.78 is 7.35. The number of fused-ring (bicyclic) bond motifs is 1. The first-order chi connectivity index (χ1) is 9.78. The average Bonchev–Trinajstić information content (AvgIpc) is 2.91. The topological polar surface area (TPSA) is 46.8 Å². The first kappa shape index (κ1) is 12.7. The number of aliphatic hydroxyl groups excluding tert-OH is 1. The summed E-state index contributed by atoms with van der Waals surface area (Å²) >= 11 is 0. The maximum Gasteiger partial charge on any atom is 0.137 e. The van der Waals surface area contributed by atoms with Crippen LogP contribution < -0.4 is 4.74 Å². The Morgan fingerprint density at radius 1 is 1.25 bits per heavy atom. The molecule has 0 spiro atoms. The number of nitrogens with zero attached hydrogens (tertiary/aromatic N) is 2. The zero-order chi connectivity index (χ0) is 13.9. The van der Waals surface area contributed by atoms with E-state index in [9.17, 15) is 5.11 Å². The van der Waals surface area contributed by atoms with Crippen LogP contribution in [0.4, 0.5) is 0 Å². The lowest BCUT2D eigenvalue weighted by Crippen LogP contribution is -2.01. The van der Waals surface area contributed by atoms with Crippen molar-refractivity contribution in [3.8, 4) is 5.75 Å². The van der Waals surface area contributed by atoms with Crippen molar-refractivity contribution in [1.29, 1.82) is 0 Å². The van der Waals surface area contributed by atoms with E-state index >= 15 is 0 Å². The number of imidazole rings is 1. The Balaban J connectivity index is 1.94. The van der Waals surface area contributed by atoms with Gasteiger partial charge in [0.05, 0.1) is 12.3 Å². The zero-order valence-corrected chi connectivity index (χ0v) is 11.2. The van der Waals surface area contributed by atoms with E-state index in [0.29, 0.717) is 12.3 Å². The molecular formula is C16H16N2O2. The molecule has 1 atom stereocenters. The van der Waals surface area contributed by atoms with Crippen LogP contribution in [0.2, 0.25) is 0 Å². The molecule has 0 aliphatic rings. The molecule has 0 radical (unpaired) electrons. The molecule has 0 bridgehead atoms. The predicted octanol–water partition coefficient (Wildman–Crippen LogP) is 2.81. The Labute approximate surface area is 117 Å². The van der Waals surface area contributed by atoms with Crippen LogP contribution in [0.5, 0.6) is 5.75 Å². The van der Waals surface area contributed by atoms with Gasteiger partial charge in [0.25, 0.3) is 0 Å². The van der Waals surface area contributed by atoms with Gasteiger partial charge in [-0.3, -0.25) is 0 Å². The van der Waals surface area contributed by atoms with Gasteiger partial charge in [-0.1, -0.05) is 18.2 Å². The summed E-state index contributed by atoms with van der Waals surface area (Å²) in [7, 11) is 0. The Morgan fingerprint density at radius 3 is 2.95 bits per heavy atom. The molecule has 102 valence electrons. The van der Waals surface area contributed by atoms with Gasteiger partial charge >= 0.3 is 0 Å². The molecule has 4 nitrogen and oxygen atoms in total. The smallest absolute Gasteiger partial charge is 0.137 e.